The van der Waals surface area contributed by atoms with Crippen molar-refractivity contribution in [2.45, 2.75) is 0 Å². The fourth-order valence-electron chi connectivity index (χ4n) is 1.54. The Morgan fingerprint density at radius 3 is 3.24 bits per heavy atom. The van der Waals surface area contributed by atoms with Crippen LogP contribution in [0.4, 0.5) is 5.69 Å². The lowest BCUT2D eigenvalue weighted by molar-refractivity contribution is 0.0600. The summed E-state index contributed by atoms with van der Waals surface area (Å²) in [6.45, 7) is 0.368. The summed E-state index contributed by atoms with van der Waals surface area (Å²) in [5, 5.41) is 3.02. The number of hydrogen-bond donors (Lipinski definition) is 1. The van der Waals surface area contributed by atoms with Gasteiger partial charge in [-0.05, 0) is 6.07 Å². The number of esters is 1. The van der Waals surface area contributed by atoms with Gasteiger partial charge in [0.05, 0.1) is 24.9 Å². The Labute approximate surface area is 98.4 Å². The molecular formula is C12H11N3O2. The maximum atomic E-state index is 11.5. The molecule has 0 saturated heterocycles. The number of rotatable bonds is 3. The van der Waals surface area contributed by atoms with Crippen molar-refractivity contribution in [2.24, 2.45) is 0 Å². The molecule has 0 bridgehead atoms. The average Bonchev–Trinajstić information content (AvgIpc) is 2.82. The second kappa shape index (κ2) is 4.58. The summed E-state index contributed by atoms with van der Waals surface area (Å²) in [7, 11) is 1.34. The van der Waals surface area contributed by atoms with Crippen molar-refractivity contribution in [3.63, 3.8) is 0 Å². The highest BCUT2D eigenvalue weighted by Crippen LogP contribution is 2.18. The number of anilines is 1. The number of fused-ring (bicyclic) bond motifs is 1. The topological polar surface area (TPSA) is 55.6 Å². The number of methoxy groups -OCH3 is 1. The molecule has 2 aromatic heterocycles. The van der Waals surface area contributed by atoms with E-state index in [0.29, 0.717) is 23.4 Å². The predicted molar refractivity (Wildman–Crippen MR) is 63.9 cm³/mol. The van der Waals surface area contributed by atoms with Crippen molar-refractivity contribution in [1.29, 1.82) is 0 Å². The van der Waals surface area contributed by atoms with Crippen molar-refractivity contribution >= 4 is 17.3 Å². The van der Waals surface area contributed by atoms with E-state index in [1.807, 2.05) is 0 Å². The van der Waals surface area contributed by atoms with Gasteiger partial charge in [0, 0.05) is 18.6 Å². The zero-order valence-corrected chi connectivity index (χ0v) is 9.30. The minimum absolute atomic E-state index is 0.368. The molecule has 0 saturated carbocycles. The molecular weight excluding hydrogens is 218 g/mol. The fourth-order valence-corrected chi connectivity index (χ4v) is 1.54. The van der Waals surface area contributed by atoms with Gasteiger partial charge in [0.1, 0.15) is 0 Å². The summed E-state index contributed by atoms with van der Waals surface area (Å²) in [6, 6.07) is 1.67. The molecule has 0 radical (unpaired) electrons. The van der Waals surface area contributed by atoms with Gasteiger partial charge in [-0.15, -0.1) is 6.42 Å². The number of nitrogens with zero attached hydrogens (tertiary/aromatic N) is 2. The van der Waals surface area contributed by atoms with E-state index >= 15 is 0 Å². The zero-order chi connectivity index (χ0) is 12.3. The first kappa shape index (κ1) is 11.0. The Balaban J connectivity index is 2.51. The molecule has 0 aliphatic rings. The van der Waals surface area contributed by atoms with E-state index in [1.165, 1.54) is 7.11 Å². The average molecular weight is 229 g/mol. The Hall–Kier alpha value is -2.48. The molecule has 17 heavy (non-hydrogen) atoms. The SMILES string of the molecule is C#CCNc1cc(C(=O)OC)cn2ccnc12. The lowest BCUT2D eigenvalue weighted by atomic mass is 10.2. The van der Waals surface area contributed by atoms with Crippen molar-refractivity contribution < 1.29 is 9.53 Å². The molecule has 2 rings (SSSR count). The Bertz CT molecular complexity index is 595. The number of carbonyl (C=O) groups excluding carboxylic acids is 1. The lowest BCUT2D eigenvalue weighted by Crippen LogP contribution is -2.07. The van der Waals surface area contributed by atoms with Gasteiger partial charge in [-0.3, -0.25) is 0 Å². The smallest absolute Gasteiger partial charge is 0.339 e. The van der Waals surface area contributed by atoms with Crippen molar-refractivity contribution in [3.8, 4) is 12.3 Å². The van der Waals surface area contributed by atoms with Gasteiger partial charge in [0.2, 0.25) is 0 Å². The number of nitrogens with one attached hydrogen (secondary N) is 1. The predicted octanol–water partition coefficient (Wildman–Crippen LogP) is 1.17. The van der Waals surface area contributed by atoms with Crippen LogP contribution in [-0.4, -0.2) is 29.0 Å². The first-order valence-electron chi connectivity index (χ1n) is 4.98. The molecule has 5 nitrogen and oxygen atoms in total. The number of terminal acetylenes is 1. The molecule has 0 aliphatic carbocycles. The molecule has 0 aliphatic heterocycles. The first-order chi connectivity index (χ1) is 8.26. The van der Waals surface area contributed by atoms with Crippen LogP contribution in [0.15, 0.2) is 24.7 Å². The first-order valence-corrected chi connectivity index (χ1v) is 4.98. The fraction of sp³-hybridized carbons (Fsp3) is 0.167. The molecule has 5 heteroatoms. The summed E-state index contributed by atoms with van der Waals surface area (Å²) in [5.41, 5.74) is 1.86. The molecule has 2 aromatic rings. The largest absolute Gasteiger partial charge is 0.465 e. The van der Waals surface area contributed by atoms with Crippen LogP contribution in [0.2, 0.25) is 0 Å². The van der Waals surface area contributed by atoms with E-state index in [2.05, 4.69) is 21.0 Å². The molecule has 0 fully saturated rings. The number of imidazole rings is 1. The van der Waals surface area contributed by atoms with Gasteiger partial charge in [0.25, 0.3) is 0 Å². The third-order valence-electron chi connectivity index (χ3n) is 2.29. The van der Waals surface area contributed by atoms with Gasteiger partial charge in [0.15, 0.2) is 5.65 Å². The van der Waals surface area contributed by atoms with E-state index in [1.54, 1.807) is 29.1 Å². The van der Waals surface area contributed by atoms with Crippen LogP contribution in [0.5, 0.6) is 0 Å². The molecule has 0 spiro atoms. The molecule has 0 aromatic carbocycles. The van der Waals surface area contributed by atoms with E-state index in [9.17, 15) is 4.79 Å². The highest BCUT2D eigenvalue weighted by atomic mass is 16.5. The Morgan fingerprint density at radius 2 is 2.53 bits per heavy atom. The molecule has 2 heterocycles. The minimum atomic E-state index is -0.399. The number of ether oxygens (including phenoxy) is 1. The van der Waals surface area contributed by atoms with Crippen molar-refractivity contribution in [2.75, 3.05) is 19.0 Å². The van der Waals surface area contributed by atoms with Gasteiger partial charge in [-0.25, -0.2) is 9.78 Å². The van der Waals surface area contributed by atoms with Crippen molar-refractivity contribution in [1.82, 2.24) is 9.38 Å². The van der Waals surface area contributed by atoms with Crippen molar-refractivity contribution in [3.05, 3.63) is 30.2 Å². The summed E-state index contributed by atoms with van der Waals surface area (Å²) in [4.78, 5) is 15.7. The quantitative estimate of drug-likeness (QED) is 0.634. The molecule has 0 unspecified atom stereocenters. The van der Waals surface area contributed by atoms with Gasteiger partial charge < -0.3 is 14.5 Å². The van der Waals surface area contributed by atoms with Crippen LogP contribution in [-0.2, 0) is 4.74 Å². The van der Waals surface area contributed by atoms with E-state index < -0.39 is 5.97 Å². The van der Waals surface area contributed by atoms with E-state index in [0.717, 1.165) is 0 Å². The number of pyridine rings is 1. The Kier molecular flexibility index (Phi) is 2.97. The minimum Gasteiger partial charge on any atom is -0.465 e. The van der Waals surface area contributed by atoms with Crippen LogP contribution < -0.4 is 5.32 Å². The second-order valence-electron chi connectivity index (χ2n) is 3.35. The normalized spacial score (nSPS) is 9.88. The highest BCUT2D eigenvalue weighted by molar-refractivity contribution is 5.91. The van der Waals surface area contributed by atoms with E-state index in [4.69, 9.17) is 6.42 Å². The third kappa shape index (κ3) is 2.06. The van der Waals surface area contributed by atoms with Gasteiger partial charge in [-0.1, -0.05) is 5.92 Å². The van der Waals surface area contributed by atoms with Crippen LogP contribution in [0, 0.1) is 12.3 Å². The molecule has 0 amide bonds. The summed E-state index contributed by atoms with van der Waals surface area (Å²) >= 11 is 0. The molecule has 86 valence electrons. The number of carbonyl (C=O) groups is 1. The maximum Gasteiger partial charge on any atom is 0.339 e. The number of hydrogen-bond acceptors (Lipinski definition) is 4. The van der Waals surface area contributed by atoms with Gasteiger partial charge in [-0.2, -0.15) is 0 Å². The summed E-state index contributed by atoms with van der Waals surface area (Å²) in [6.07, 6.45) is 10.3. The molecule has 0 atom stereocenters. The maximum absolute atomic E-state index is 11.5. The highest BCUT2D eigenvalue weighted by Gasteiger charge is 2.10. The monoisotopic (exact) mass is 229 g/mol. The van der Waals surface area contributed by atoms with Crippen LogP contribution in [0.25, 0.3) is 5.65 Å². The summed E-state index contributed by atoms with van der Waals surface area (Å²) in [5.74, 6) is 2.07. The third-order valence-corrected chi connectivity index (χ3v) is 2.29. The standard InChI is InChI=1S/C12H11N3O2/c1-3-4-13-10-7-9(12(16)17-2)8-15-6-5-14-11(10)15/h1,5-8,13H,4H2,2H3. The second-order valence-corrected chi connectivity index (χ2v) is 3.35. The van der Waals surface area contributed by atoms with Crippen LogP contribution in [0.3, 0.4) is 0 Å². The summed E-state index contributed by atoms with van der Waals surface area (Å²) < 4.78 is 6.42. The van der Waals surface area contributed by atoms with Crippen LogP contribution >= 0.6 is 0 Å². The van der Waals surface area contributed by atoms with Crippen LogP contribution in [0.1, 0.15) is 10.4 Å². The zero-order valence-electron chi connectivity index (χ0n) is 9.30. The lowest BCUT2D eigenvalue weighted by Gasteiger charge is -2.07. The number of aromatic nitrogens is 2. The van der Waals surface area contributed by atoms with E-state index in [-0.39, 0.29) is 0 Å². The Morgan fingerprint density at radius 1 is 1.71 bits per heavy atom. The molecule has 1 N–H and O–H groups in total. The van der Waals surface area contributed by atoms with Gasteiger partial charge >= 0.3 is 5.97 Å².